The van der Waals surface area contributed by atoms with Crippen LogP contribution in [-0.2, 0) is 0 Å². The van der Waals surface area contributed by atoms with Gasteiger partial charge in [0.05, 0.1) is 27.5 Å². The Balaban J connectivity index is 1.34. The summed E-state index contributed by atoms with van der Waals surface area (Å²) >= 11 is 0. The Morgan fingerprint density at radius 1 is 0.290 bits per heavy atom. The number of nitrogens with zero attached hydrogens (tertiary/aromatic N) is 2. The summed E-state index contributed by atoms with van der Waals surface area (Å²) in [5.74, 6) is 0. The van der Waals surface area contributed by atoms with E-state index in [1.54, 1.807) is 0 Å². The second-order valence-electron chi connectivity index (χ2n) is 18.6. The van der Waals surface area contributed by atoms with Crippen molar-refractivity contribution in [2.24, 2.45) is 0 Å². The summed E-state index contributed by atoms with van der Waals surface area (Å²) in [5, 5.41) is 10.4. The Hall–Kier alpha value is -6.73. The Morgan fingerprint density at radius 3 is 0.903 bits per heavy atom. The molecular formula is C58H52N2Si2. The summed E-state index contributed by atoms with van der Waals surface area (Å²) in [7, 11) is -3.04. The fourth-order valence-corrected chi connectivity index (χ4v) is 11.6. The third-order valence-electron chi connectivity index (χ3n) is 12.5. The first kappa shape index (κ1) is 39.4. The lowest BCUT2D eigenvalue weighted by Gasteiger charge is -2.31. The molecule has 0 aliphatic rings. The zero-order valence-electron chi connectivity index (χ0n) is 36.5. The highest BCUT2D eigenvalue weighted by atomic mass is 28.3. The van der Waals surface area contributed by atoms with Gasteiger partial charge in [-0.3, -0.25) is 0 Å². The molecule has 0 saturated heterocycles. The lowest BCUT2D eigenvalue weighted by atomic mass is 9.85. The van der Waals surface area contributed by atoms with E-state index in [1.165, 1.54) is 64.9 Å². The molecule has 0 aromatic heterocycles. The molecule has 0 spiro atoms. The molecule has 0 amide bonds. The predicted molar refractivity (Wildman–Crippen MR) is 276 cm³/mol. The number of hydrogen-bond acceptors (Lipinski definition) is 2. The molecule has 10 rings (SSSR count). The first-order valence-corrected chi connectivity index (χ1v) is 28.9. The molecule has 0 radical (unpaired) electrons. The average molecular weight is 833 g/mol. The summed E-state index contributed by atoms with van der Waals surface area (Å²) in [6, 6.07) is 76.9. The molecule has 0 bridgehead atoms. The molecular weight excluding hydrogens is 781 g/mol. The largest absolute Gasteiger partial charge is 0.310 e. The van der Waals surface area contributed by atoms with Gasteiger partial charge in [-0.15, -0.1) is 0 Å². The van der Waals surface area contributed by atoms with Gasteiger partial charge in [0.1, 0.15) is 0 Å². The average Bonchev–Trinajstić information content (AvgIpc) is 3.30. The van der Waals surface area contributed by atoms with Gasteiger partial charge in [0.25, 0.3) is 0 Å². The van der Waals surface area contributed by atoms with Crippen LogP contribution in [0.3, 0.4) is 0 Å². The Labute approximate surface area is 368 Å². The van der Waals surface area contributed by atoms with Gasteiger partial charge in [-0.05, 0) is 93.7 Å². The topological polar surface area (TPSA) is 6.48 Å². The summed E-state index contributed by atoms with van der Waals surface area (Å²) in [5.41, 5.74) is 11.7. The molecule has 62 heavy (non-hydrogen) atoms. The van der Waals surface area contributed by atoms with E-state index >= 15 is 0 Å². The normalized spacial score (nSPS) is 12.0. The van der Waals surface area contributed by atoms with Crippen molar-refractivity contribution in [2.75, 3.05) is 9.80 Å². The van der Waals surface area contributed by atoms with E-state index in [9.17, 15) is 0 Å². The van der Waals surface area contributed by atoms with Crippen LogP contribution in [0.4, 0.5) is 34.1 Å². The van der Waals surface area contributed by atoms with Crippen LogP contribution in [0.15, 0.2) is 206 Å². The summed E-state index contributed by atoms with van der Waals surface area (Å²) in [6.45, 7) is 14.5. The van der Waals surface area contributed by atoms with Crippen molar-refractivity contribution < 1.29 is 0 Å². The molecule has 0 heterocycles. The Morgan fingerprint density at radius 2 is 0.581 bits per heavy atom. The molecule has 0 aliphatic heterocycles. The maximum Gasteiger partial charge on any atom is 0.0775 e. The highest BCUT2D eigenvalue weighted by Crippen LogP contribution is 2.52. The molecule has 302 valence electrons. The second kappa shape index (κ2) is 15.6. The van der Waals surface area contributed by atoms with E-state index in [4.69, 9.17) is 0 Å². The maximum absolute atomic E-state index is 2.47. The van der Waals surface area contributed by atoms with Crippen LogP contribution in [0.5, 0.6) is 0 Å². The van der Waals surface area contributed by atoms with Crippen molar-refractivity contribution in [3.8, 4) is 22.3 Å². The van der Waals surface area contributed by atoms with E-state index < -0.39 is 16.1 Å². The zero-order chi connectivity index (χ0) is 42.6. The fourth-order valence-electron chi connectivity index (χ4n) is 9.27. The summed E-state index contributed by atoms with van der Waals surface area (Å²) < 4.78 is 0. The predicted octanol–water partition coefficient (Wildman–Crippen LogP) is 15.9. The minimum atomic E-state index is -1.52. The molecule has 10 aromatic rings. The van der Waals surface area contributed by atoms with Gasteiger partial charge in [0.15, 0.2) is 0 Å². The first-order valence-electron chi connectivity index (χ1n) is 21.9. The van der Waals surface area contributed by atoms with Crippen molar-refractivity contribution in [3.63, 3.8) is 0 Å². The van der Waals surface area contributed by atoms with Gasteiger partial charge < -0.3 is 9.80 Å². The number of anilines is 6. The van der Waals surface area contributed by atoms with Gasteiger partial charge in [0, 0.05) is 44.3 Å². The van der Waals surface area contributed by atoms with E-state index in [-0.39, 0.29) is 0 Å². The van der Waals surface area contributed by atoms with Crippen LogP contribution in [0.25, 0.3) is 54.6 Å². The lowest BCUT2D eigenvalue weighted by molar-refractivity contribution is 1.30. The molecule has 0 fully saturated rings. The van der Waals surface area contributed by atoms with Crippen LogP contribution in [-0.4, -0.2) is 16.1 Å². The molecule has 2 nitrogen and oxygen atoms in total. The summed E-state index contributed by atoms with van der Waals surface area (Å²) in [4.78, 5) is 4.95. The van der Waals surface area contributed by atoms with Gasteiger partial charge in [-0.2, -0.15) is 0 Å². The minimum Gasteiger partial charge on any atom is -0.310 e. The van der Waals surface area contributed by atoms with E-state index in [1.807, 2.05) is 0 Å². The van der Waals surface area contributed by atoms with Crippen LogP contribution in [0, 0.1) is 0 Å². The molecule has 0 N–H and O–H groups in total. The van der Waals surface area contributed by atoms with Crippen molar-refractivity contribution >= 4 is 93.0 Å². The quantitative estimate of drug-likeness (QED) is 0.100. The second-order valence-corrected chi connectivity index (χ2v) is 28.8. The van der Waals surface area contributed by atoms with Crippen molar-refractivity contribution in [1.29, 1.82) is 0 Å². The SMILES string of the molecule is C[Si](C)(C)c1ccc(N(c2ccccc2)c2cc(-c3ccccc3)c3ccc4c(N(c5ccccc5)c5ccc([Si](C)(C)C)cc5)cc(-c5ccccc5)c5ccc2c3c54)cc1. The van der Waals surface area contributed by atoms with Gasteiger partial charge >= 0.3 is 0 Å². The van der Waals surface area contributed by atoms with Gasteiger partial charge in [-0.1, -0.05) is 195 Å². The molecule has 10 aromatic carbocycles. The molecule has 4 heteroatoms. The number of rotatable bonds is 10. The Kier molecular flexibility index (Phi) is 9.94. The summed E-state index contributed by atoms with van der Waals surface area (Å²) in [6.07, 6.45) is 0. The zero-order valence-corrected chi connectivity index (χ0v) is 38.5. The standard InChI is InChI=1S/C58H52N2Si2/c1-61(2,3)47-31-27-45(28-32-47)59(43-23-15-9-16-24-43)55-39-53(41-19-11-7-12-20-41)49-36-38-52-56(40-54(42-21-13-8-14-22-42)50-35-37-51(55)57(49)58(50)52)60(44-25-17-10-18-26-44)46-29-33-48(34-30-46)62(4,5)6/h7-40H,1-6H3. The van der Waals surface area contributed by atoms with Gasteiger partial charge in [-0.25, -0.2) is 0 Å². The highest BCUT2D eigenvalue weighted by molar-refractivity contribution is 6.89. The monoisotopic (exact) mass is 832 g/mol. The number of hydrogen-bond donors (Lipinski definition) is 0. The van der Waals surface area contributed by atoms with E-state index in [0.717, 1.165) is 34.1 Å². The first-order chi connectivity index (χ1) is 30.0. The van der Waals surface area contributed by atoms with Crippen LogP contribution in [0.2, 0.25) is 39.3 Å². The molecule has 0 saturated carbocycles. The number of benzene rings is 10. The fraction of sp³-hybridized carbons (Fsp3) is 0.103. The third kappa shape index (κ3) is 7.09. The molecule has 0 aliphatic carbocycles. The smallest absolute Gasteiger partial charge is 0.0775 e. The van der Waals surface area contributed by atoms with Crippen molar-refractivity contribution in [1.82, 2.24) is 0 Å². The van der Waals surface area contributed by atoms with Crippen molar-refractivity contribution in [2.45, 2.75) is 39.3 Å². The lowest BCUT2D eigenvalue weighted by Crippen LogP contribution is -2.37. The molecule has 0 atom stereocenters. The van der Waals surface area contributed by atoms with E-state index in [0.29, 0.717) is 0 Å². The third-order valence-corrected chi connectivity index (χ3v) is 16.6. The van der Waals surface area contributed by atoms with E-state index in [2.05, 4.69) is 255 Å². The Bertz CT molecular complexity index is 2930. The maximum atomic E-state index is 2.47. The number of para-hydroxylation sites is 2. The molecule has 0 unspecified atom stereocenters. The van der Waals surface area contributed by atoms with Gasteiger partial charge in [0.2, 0.25) is 0 Å². The van der Waals surface area contributed by atoms with Crippen LogP contribution >= 0.6 is 0 Å². The highest BCUT2D eigenvalue weighted by Gasteiger charge is 2.26. The van der Waals surface area contributed by atoms with Crippen LogP contribution in [0.1, 0.15) is 0 Å². The van der Waals surface area contributed by atoms with Crippen LogP contribution < -0.4 is 20.2 Å². The minimum absolute atomic E-state index is 1.13. The van der Waals surface area contributed by atoms with Crippen molar-refractivity contribution in [3.05, 3.63) is 206 Å².